The third kappa shape index (κ3) is 2.73. The number of amides is 2. The highest BCUT2D eigenvalue weighted by Gasteiger charge is 2.45. The highest BCUT2D eigenvalue weighted by atomic mass is 32.1. The van der Waals surface area contributed by atoms with Crippen LogP contribution >= 0.6 is 11.3 Å². The topological polar surface area (TPSA) is 75.4 Å². The normalized spacial score (nSPS) is 24.5. The van der Waals surface area contributed by atoms with Crippen molar-refractivity contribution in [2.45, 2.75) is 32.7 Å². The summed E-state index contributed by atoms with van der Waals surface area (Å²) in [6.07, 6.45) is 1.09. The van der Waals surface area contributed by atoms with Gasteiger partial charge in [-0.2, -0.15) is 11.3 Å². The summed E-state index contributed by atoms with van der Waals surface area (Å²) >= 11 is 1.55. The lowest BCUT2D eigenvalue weighted by atomic mass is 9.88. The Hall–Kier alpha value is -1.56. The molecule has 3 atom stereocenters. The van der Waals surface area contributed by atoms with Crippen LogP contribution in [0.15, 0.2) is 16.8 Å². The van der Waals surface area contributed by atoms with Crippen molar-refractivity contribution in [3.05, 3.63) is 16.8 Å². The zero-order chi connectivity index (χ0) is 14.0. The second kappa shape index (κ2) is 5.61. The number of primary amides is 1. The van der Waals surface area contributed by atoms with E-state index < -0.39 is 11.8 Å². The number of carbonyl (C=O) groups excluding carboxylic acids is 2. The molecular formula is C13H19N3O2S. The summed E-state index contributed by atoms with van der Waals surface area (Å²) in [6, 6.07) is 1.73. The third-order valence-corrected chi connectivity index (χ3v) is 4.42. The molecule has 2 rings (SSSR count). The first-order valence-electron chi connectivity index (χ1n) is 6.44. The van der Waals surface area contributed by atoms with E-state index in [9.17, 15) is 9.59 Å². The molecule has 2 amide bonds. The van der Waals surface area contributed by atoms with Crippen LogP contribution in [0.25, 0.3) is 0 Å². The molecule has 0 saturated carbocycles. The first-order valence-corrected chi connectivity index (χ1v) is 7.39. The zero-order valence-corrected chi connectivity index (χ0v) is 11.9. The predicted octanol–water partition coefficient (Wildman–Crippen LogP) is 1.82. The maximum absolute atomic E-state index is 12.1. The van der Waals surface area contributed by atoms with Crippen LogP contribution in [0.5, 0.6) is 0 Å². The van der Waals surface area contributed by atoms with Crippen LogP contribution in [0.1, 0.15) is 26.7 Å². The number of hydrogen-bond donors (Lipinski definition) is 2. The number of nitrogens with zero attached hydrogens (tertiary/aromatic N) is 1. The van der Waals surface area contributed by atoms with Crippen molar-refractivity contribution >= 4 is 28.8 Å². The SMILES string of the molecule is CCC(C)C1C(C(N)=O)CC(=O)N1Nc1ccsc1. The molecule has 0 bridgehead atoms. The van der Waals surface area contributed by atoms with Crippen LogP contribution in [-0.4, -0.2) is 22.9 Å². The molecule has 0 spiro atoms. The maximum Gasteiger partial charge on any atom is 0.242 e. The van der Waals surface area contributed by atoms with E-state index in [1.54, 1.807) is 16.3 Å². The molecule has 2 heterocycles. The summed E-state index contributed by atoms with van der Waals surface area (Å²) in [4.78, 5) is 23.6. The monoisotopic (exact) mass is 281 g/mol. The molecule has 1 aliphatic heterocycles. The molecule has 0 radical (unpaired) electrons. The number of carbonyl (C=O) groups is 2. The zero-order valence-electron chi connectivity index (χ0n) is 11.1. The molecule has 3 unspecified atom stereocenters. The van der Waals surface area contributed by atoms with Gasteiger partial charge in [0.1, 0.15) is 0 Å². The van der Waals surface area contributed by atoms with E-state index in [0.29, 0.717) is 0 Å². The van der Waals surface area contributed by atoms with Gasteiger partial charge in [0.2, 0.25) is 11.8 Å². The van der Waals surface area contributed by atoms with E-state index in [0.717, 1.165) is 12.1 Å². The van der Waals surface area contributed by atoms with Crippen molar-refractivity contribution < 1.29 is 9.59 Å². The number of anilines is 1. The van der Waals surface area contributed by atoms with Gasteiger partial charge in [-0.15, -0.1) is 0 Å². The van der Waals surface area contributed by atoms with Gasteiger partial charge in [0.15, 0.2) is 0 Å². The number of hydrogen-bond acceptors (Lipinski definition) is 4. The van der Waals surface area contributed by atoms with Gasteiger partial charge in [-0.1, -0.05) is 20.3 Å². The first kappa shape index (κ1) is 13.9. The van der Waals surface area contributed by atoms with Crippen molar-refractivity contribution in [3.8, 4) is 0 Å². The van der Waals surface area contributed by atoms with Gasteiger partial charge < -0.3 is 5.73 Å². The molecule has 0 aliphatic carbocycles. The van der Waals surface area contributed by atoms with Crippen molar-refractivity contribution in [2.24, 2.45) is 17.6 Å². The Balaban J connectivity index is 2.23. The van der Waals surface area contributed by atoms with Gasteiger partial charge in [-0.3, -0.25) is 20.0 Å². The fraction of sp³-hybridized carbons (Fsp3) is 0.538. The summed E-state index contributed by atoms with van der Waals surface area (Å²) in [7, 11) is 0. The molecule has 0 aromatic carbocycles. The molecule has 1 saturated heterocycles. The average molecular weight is 281 g/mol. The third-order valence-electron chi connectivity index (χ3n) is 3.74. The minimum Gasteiger partial charge on any atom is -0.369 e. The van der Waals surface area contributed by atoms with Crippen molar-refractivity contribution in [2.75, 3.05) is 5.43 Å². The quantitative estimate of drug-likeness (QED) is 0.864. The summed E-state index contributed by atoms with van der Waals surface area (Å²) < 4.78 is 0. The molecule has 1 aromatic rings. The van der Waals surface area contributed by atoms with E-state index in [4.69, 9.17) is 5.73 Å². The van der Waals surface area contributed by atoms with Crippen LogP contribution in [0.2, 0.25) is 0 Å². The average Bonchev–Trinajstić information content (AvgIpc) is 2.98. The van der Waals surface area contributed by atoms with Crippen molar-refractivity contribution in [1.29, 1.82) is 0 Å². The molecule has 1 fully saturated rings. The van der Waals surface area contributed by atoms with E-state index in [1.165, 1.54) is 0 Å². The smallest absolute Gasteiger partial charge is 0.242 e. The Morgan fingerprint density at radius 2 is 2.42 bits per heavy atom. The molecular weight excluding hydrogens is 262 g/mol. The van der Waals surface area contributed by atoms with Gasteiger partial charge >= 0.3 is 0 Å². The van der Waals surface area contributed by atoms with Gasteiger partial charge in [-0.25, -0.2) is 0 Å². The second-order valence-corrected chi connectivity index (χ2v) is 5.76. The van der Waals surface area contributed by atoms with Crippen LogP contribution < -0.4 is 11.2 Å². The molecule has 1 aromatic heterocycles. The van der Waals surface area contributed by atoms with E-state index in [1.807, 2.05) is 30.7 Å². The fourth-order valence-electron chi connectivity index (χ4n) is 2.52. The minimum atomic E-state index is -0.409. The Morgan fingerprint density at radius 1 is 1.68 bits per heavy atom. The van der Waals surface area contributed by atoms with E-state index in [-0.39, 0.29) is 24.3 Å². The summed E-state index contributed by atoms with van der Waals surface area (Å²) in [5.74, 6) is -0.655. The number of nitrogens with one attached hydrogen (secondary N) is 1. The molecule has 1 aliphatic rings. The number of hydrazine groups is 1. The van der Waals surface area contributed by atoms with Crippen LogP contribution in [0.4, 0.5) is 5.69 Å². The highest BCUT2D eigenvalue weighted by Crippen LogP contribution is 2.32. The van der Waals surface area contributed by atoms with Gasteiger partial charge in [0.05, 0.1) is 17.6 Å². The van der Waals surface area contributed by atoms with E-state index >= 15 is 0 Å². The molecule has 3 N–H and O–H groups in total. The van der Waals surface area contributed by atoms with Crippen LogP contribution in [0.3, 0.4) is 0 Å². The lowest BCUT2D eigenvalue weighted by Crippen LogP contribution is -2.46. The second-order valence-electron chi connectivity index (χ2n) is 4.98. The van der Waals surface area contributed by atoms with E-state index in [2.05, 4.69) is 5.43 Å². The predicted molar refractivity (Wildman–Crippen MR) is 75.3 cm³/mol. The molecule has 19 heavy (non-hydrogen) atoms. The highest BCUT2D eigenvalue weighted by molar-refractivity contribution is 7.08. The first-order chi connectivity index (χ1) is 9.04. The summed E-state index contributed by atoms with van der Waals surface area (Å²) in [5.41, 5.74) is 9.41. The Kier molecular flexibility index (Phi) is 4.09. The minimum absolute atomic E-state index is 0.0692. The number of thiophene rings is 1. The standard InChI is InChI=1S/C13H19N3O2S/c1-3-8(2)12-10(13(14)18)6-11(17)16(12)15-9-4-5-19-7-9/h4-5,7-8,10,12,15H,3,6H2,1-2H3,(H2,14,18). The molecule has 5 nitrogen and oxygen atoms in total. The van der Waals surface area contributed by atoms with Crippen LogP contribution in [-0.2, 0) is 9.59 Å². The molecule has 104 valence electrons. The van der Waals surface area contributed by atoms with Crippen LogP contribution in [0, 0.1) is 11.8 Å². The Bertz CT molecular complexity index is 460. The lowest BCUT2D eigenvalue weighted by Gasteiger charge is -2.32. The largest absolute Gasteiger partial charge is 0.369 e. The van der Waals surface area contributed by atoms with Gasteiger partial charge in [-0.05, 0) is 17.4 Å². The van der Waals surface area contributed by atoms with Gasteiger partial charge in [0.25, 0.3) is 0 Å². The molecule has 6 heteroatoms. The summed E-state index contributed by atoms with van der Waals surface area (Å²) in [5, 5.41) is 5.46. The number of nitrogens with two attached hydrogens (primary N) is 1. The fourth-order valence-corrected chi connectivity index (χ4v) is 3.10. The Labute approximate surface area is 116 Å². The summed E-state index contributed by atoms with van der Waals surface area (Å²) in [6.45, 7) is 4.09. The van der Waals surface area contributed by atoms with Crippen molar-refractivity contribution in [1.82, 2.24) is 5.01 Å². The van der Waals surface area contributed by atoms with Gasteiger partial charge in [0, 0.05) is 11.8 Å². The lowest BCUT2D eigenvalue weighted by molar-refractivity contribution is -0.128. The van der Waals surface area contributed by atoms with Crippen molar-refractivity contribution in [3.63, 3.8) is 0 Å². The maximum atomic E-state index is 12.1. The Morgan fingerprint density at radius 3 is 2.95 bits per heavy atom. The number of rotatable bonds is 5.